The molecule has 11 heavy (non-hydrogen) atoms. The molecule has 5 atom stereocenters. The van der Waals surface area contributed by atoms with Gasteiger partial charge in [0.25, 0.3) is 0 Å². The van der Waals surface area contributed by atoms with Gasteiger partial charge in [-0.1, -0.05) is 0 Å². The molecule has 0 aromatic carbocycles. The Hall–Kier alpha value is -0.0400. The van der Waals surface area contributed by atoms with Crippen LogP contribution >= 0.6 is 0 Å². The Kier molecular flexibility index (Phi) is 1.18. The highest BCUT2D eigenvalue weighted by Gasteiger charge is 2.55. The van der Waals surface area contributed by atoms with Crippen molar-refractivity contribution in [1.82, 2.24) is 0 Å². The first-order chi connectivity index (χ1) is 5.40. The van der Waals surface area contributed by atoms with E-state index in [4.69, 9.17) is 0 Å². The van der Waals surface area contributed by atoms with Crippen LogP contribution in [-0.2, 0) is 0 Å². The summed E-state index contributed by atoms with van der Waals surface area (Å²) in [5, 5.41) is 9.21. The molecule has 0 aromatic rings. The molecule has 5 rings (SSSR count). The van der Waals surface area contributed by atoms with Gasteiger partial charge in [-0.25, -0.2) is 0 Å². The smallest absolute Gasteiger partial charge is 0.0464 e. The number of aliphatic hydroxyl groups is 1. The molecule has 5 fully saturated rings. The summed E-state index contributed by atoms with van der Waals surface area (Å²) in [6, 6.07) is 0. The lowest BCUT2D eigenvalue weighted by molar-refractivity contribution is -0.134. The first-order valence-electron chi connectivity index (χ1n) is 5.01. The van der Waals surface area contributed by atoms with Crippen molar-refractivity contribution in [2.75, 3.05) is 6.61 Å². The molecule has 0 spiro atoms. The molecule has 0 amide bonds. The highest BCUT2D eigenvalue weighted by molar-refractivity contribution is 5.04. The van der Waals surface area contributed by atoms with Crippen LogP contribution in [0.25, 0.3) is 0 Å². The van der Waals surface area contributed by atoms with E-state index in [-0.39, 0.29) is 0 Å². The van der Waals surface area contributed by atoms with Crippen LogP contribution in [0.15, 0.2) is 0 Å². The van der Waals surface area contributed by atoms with Crippen LogP contribution in [-0.4, -0.2) is 11.7 Å². The molecule has 5 saturated carbocycles. The van der Waals surface area contributed by atoms with Crippen molar-refractivity contribution >= 4 is 0 Å². The maximum absolute atomic E-state index is 9.21. The minimum Gasteiger partial charge on any atom is -0.396 e. The molecule has 0 heterocycles. The van der Waals surface area contributed by atoms with Gasteiger partial charge in [0.2, 0.25) is 0 Å². The summed E-state index contributed by atoms with van der Waals surface area (Å²) in [5.41, 5.74) is 0. The van der Waals surface area contributed by atoms with Crippen LogP contribution in [0.4, 0.5) is 0 Å². The molecule has 0 radical (unpaired) electrons. The second kappa shape index (κ2) is 2.01. The number of hydrogen-bond acceptors (Lipinski definition) is 1. The lowest BCUT2D eigenvalue weighted by Crippen LogP contribution is -2.55. The Labute approximate surface area is 67.8 Å². The number of fused-ring (bicyclic) bond motifs is 1. The maximum Gasteiger partial charge on any atom is 0.0464 e. The molecule has 4 bridgehead atoms. The van der Waals surface area contributed by atoms with Crippen molar-refractivity contribution in [3.8, 4) is 0 Å². The topological polar surface area (TPSA) is 20.2 Å². The Bertz CT molecular complexity index is 174. The normalized spacial score (nSPS) is 59.2. The maximum atomic E-state index is 9.21. The Morgan fingerprint density at radius 2 is 1.91 bits per heavy atom. The first kappa shape index (κ1) is 6.47. The van der Waals surface area contributed by atoms with E-state index < -0.39 is 0 Å². The minimum atomic E-state index is 0.471. The third kappa shape index (κ3) is 0.658. The third-order valence-electron chi connectivity index (χ3n) is 4.57. The van der Waals surface area contributed by atoms with Crippen LogP contribution in [0.3, 0.4) is 0 Å². The van der Waals surface area contributed by atoms with Gasteiger partial charge in [0.15, 0.2) is 0 Å². The average Bonchev–Trinajstić information content (AvgIpc) is 2.03. The van der Waals surface area contributed by atoms with Gasteiger partial charge in [-0.15, -0.1) is 0 Å². The monoisotopic (exact) mass is 152 g/mol. The van der Waals surface area contributed by atoms with E-state index in [1.807, 2.05) is 0 Å². The summed E-state index contributed by atoms with van der Waals surface area (Å²) in [5.74, 6) is 4.68. The van der Waals surface area contributed by atoms with Crippen molar-refractivity contribution < 1.29 is 5.11 Å². The Balaban J connectivity index is 1.87. The van der Waals surface area contributed by atoms with Gasteiger partial charge in [-0.3, -0.25) is 0 Å². The van der Waals surface area contributed by atoms with E-state index in [9.17, 15) is 5.11 Å². The molecule has 0 aliphatic heterocycles. The van der Waals surface area contributed by atoms with Gasteiger partial charge in [0.1, 0.15) is 0 Å². The molecule has 1 nitrogen and oxygen atoms in total. The largest absolute Gasteiger partial charge is 0.396 e. The van der Waals surface area contributed by atoms with E-state index in [0.717, 1.165) is 23.7 Å². The number of aliphatic hydroxyl groups excluding tert-OH is 1. The number of rotatable bonds is 1. The molecule has 0 saturated heterocycles. The molecule has 62 valence electrons. The van der Waals surface area contributed by atoms with E-state index in [1.54, 1.807) is 0 Å². The van der Waals surface area contributed by atoms with Crippen molar-refractivity contribution in [3.63, 3.8) is 0 Å². The zero-order valence-corrected chi connectivity index (χ0v) is 6.87. The van der Waals surface area contributed by atoms with Crippen LogP contribution in [0.1, 0.15) is 25.7 Å². The standard InChI is InChI=1S/C10H16O/c11-5-10-6-1-2-8-7(3-6)4-9(8)10/h6-11H,1-5H2. The molecule has 0 aromatic heterocycles. The van der Waals surface area contributed by atoms with E-state index in [0.29, 0.717) is 12.5 Å². The summed E-state index contributed by atoms with van der Waals surface area (Å²) in [4.78, 5) is 0. The van der Waals surface area contributed by atoms with Gasteiger partial charge in [-0.05, 0) is 55.3 Å². The van der Waals surface area contributed by atoms with Crippen molar-refractivity contribution in [2.24, 2.45) is 29.6 Å². The fourth-order valence-electron chi connectivity index (χ4n) is 4.00. The van der Waals surface area contributed by atoms with Gasteiger partial charge < -0.3 is 5.11 Å². The second-order valence-electron chi connectivity index (χ2n) is 4.74. The summed E-state index contributed by atoms with van der Waals surface area (Å²) >= 11 is 0. The molecule has 1 heteroatoms. The fourth-order valence-corrected chi connectivity index (χ4v) is 4.00. The quantitative estimate of drug-likeness (QED) is 0.606. The van der Waals surface area contributed by atoms with Crippen LogP contribution in [0.2, 0.25) is 0 Å². The third-order valence-corrected chi connectivity index (χ3v) is 4.57. The summed E-state index contributed by atoms with van der Waals surface area (Å²) in [6.07, 6.45) is 5.80. The summed E-state index contributed by atoms with van der Waals surface area (Å²) in [7, 11) is 0. The van der Waals surface area contributed by atoms with Gasteiger partial charge in [-0.2, -0.15) is 0 Å². The fraction of sp³-hybridized carbons (Fsp3) is 1.00. The summed E-state index contributed by atoms with van der Waals surface area (Å²) in [6.45, 7) is 0.471. The lowest BCUT2D eigenvalue weighted by atomic mass is 9.44. The van der Waals surface area contributed by atoms with Crippen LogP contribution < -0.4 is 0 Å². The van der Waals surface area contributed by atoms with Crippen LogP contribution in [0, 0.1) is 29.6 Å². The second-order valence-corrected chi connectivity index (χ2v) is 4.74. The SMILES string of the molecule is OCC1C2CCC3C(C2)CC13. The van der Waals surface area contributed by atoms with Crippen molar-refractivity contribution in [3.05, 3.63) is 0 Å². The Morgan fingerprint density at radius 1 is 1.00 bits per heavy atom. The zero-order chi connectivity index (χ0) is 7.42. The van der Waals surface area contributed by atoms with E-state index >= 15 is 0 Å². The van der Waals surface area contributed by atoms with E-state index in [2.05, 4.69) is 0 Å². The summed E-state index contributed by atoms with van der Waals surface area (Å²) < 4.78 is 0. The highest BCUT2D eigenvalue weighted by atomic mass is 16.3. The lowest BCUT2D eigenvalue weighted by Gasteiger charge is -2.61. The average molecular weight is 152 g/mol. The molecule has 1 N–H and O–H groups in total. The van der Waals surface area contributed by atoms with Gasteiger partial charge >= 0.3 is 0 Å². The molecular weight excluding hydrogens is 136 g/mol. The highest BCUT2D eigenvalue weighted by Crippen LogP contribution is 2.62. The molecule has 5 unspecified atom stereocenters. The van der Waals surface area contributed by atoms with Crippen LogP contribution in [0.5, 0.6) is 0 Å². The minimum absolute atomic E-state index is 0.471. The first-order valence-corrected chi connectivity index (χ1v) is 5.01. The predicted molar refractivity (Wildman–Crippen MR) is 43.0 cm³/mol. The van der Waals surface area contributed by atoms with Crippen molar-refractivity contribution in [1.29, 1.82) is 0 Å². The van der Waals surface area contributed by atoms with Gasteiger partial charge in [0.05, 0.1) is 0 Å². The van der Waals surface area contributed by atoms with E-state index in [1.165, 1.54) is 25.7 Å². The zero-order valence-electron chi connectivity index (χ0n) is 6.87. The molecule has 5 aliphatic carbocycles. The molecular formula is C10H16O. The number of hydrogen-bond donors (Lipinski definition) is 1. The molecule has 5 aliphatic rings. The predicted octanol–water partition coefficient (Wildman–Crippen LogP) is 1.66. The Morgan fingerprint density at radius 3 is 2.36 bits per heavy atom. The van der Waals surface area contributed by atoms with Crippen molar-refractivity contribution in [2.45, 2.75) is 25.7 Å². The van der Waals surface area contributed by atoms with Gasteiger partial charge in [0, 0.05) is 6.61 Å².